The van der Waals surface area contributed by atoms with Gasteiger partial charge < -0.3 is 15.5 Å². The molecule has 0 radical (unpaired) electrons. The van der Waals surface area contributed by atoms with Crippen molar-refractivity contribution in [1.29, 1.82) is 0 Å². The summed E-state index contributed by atoms with van der Waals surface area (Å²) in [6.45, 7) is 6.13. The van der Waals surface area contributed by atoms with Gasteiger partial charge in [-0.1, -0.05) is 24.3 Å². The van der Waals surface area contributed by atoms with Crippen molar-refractivity contribution in [2.24, 2.45) is 0 Å². The van der Waals surface area contributed by atoms with Crippen molar-refractivity contribution in [3.8, 4) is 0 Å². The molecule has 1 amide bonds. The molecule has 0 aliphatic rings. The maximum absolute atomic E-state index is 12.4. The largest absolute Gasteiger partial charge is 0.362 e. The van der Waals surface area contributed by atoms with E-state index in [0.717, 1.165) is 18.0 Å². The number of anilines is 1. The van der Waals surface area contributed by atoms with E-state index in [1.165, 1.54) is 4.90 Å². The molecule has 0 unspecified atom stereocenters. The van der Waals surface area contributed by atoms with Crippen molar-refractivity contribution in [2.45, 2.75) is 18.7 Å². The molecule has 0 aliphatic carbocycles. The first-order valence-electron chi connectivity index (χ1n) is 8.76. The van der Waals surface area contributed by atoms with E-state index in [1.807, 2.05) is 56.3 Å². The molecule has 0 atom stereocenters. The highest BCUT2D eigenvalue weighted by Gasteiger charge is 2.12. The van der Waals surface area contributed by atoms with E-state index in [-0.39, 0.29) is 5.91 Å². The molecule has 6 heteroatoms. The van der Waals surface area contributed by atoms with E-state index in [2.05, 4.69) is 22.8 Å². The Morgan fingerprint density at radius 2 is 1.81 bits per heavy atom. The molecule has 0 aromatic heterocycles. The van der Waals surface area contributed by atoms with Crippen LogP contribution in [-0.4, -0.2) is 41.3 Å². The number of carbonyl (C=O) groups is 1. The second kappa shape index (κ2) is 10.8. The molecule has 0 fully saturated rings. The summed E-state index contributed by atoms with van der Waals surface area (Å²) in [6, 6.07) is 17.7. The van der Waals surface area contributed by atoms with E-state index in [0.29, 0.717) is 23.8 Å². The second-order valence-electron chi connectivity index (χ2n) is 5.60. The second-order valence-corrected chi connectivity index (χ2v) is 7.18. The average Bonchev–Trinajstić information content (AvgIpc) is 2.67. The molecule has 2 N–H and O–H groups in total. The van der Waals surface area contributed by atoms with Crippen molar-refractivity contribution >= 4 is 40.7 Å². The predicted molar refractivity (Wildman–Crippen MR) is 115 cm³/mol. The van der Waals surface area contributed by atoms with Crippen molar-refractivity contribution < 1.29 is 4.79 Å². The summed E-state index contributed by atoms with van der Waals surface area (Å²) in [6.07, 6.45) is 0. The maximum atomic E-state index is 12.4. The van der Waals surface area contributed by atoms with Crippen LogP contribution in [0, 0.1) is 0 Å². The zero-order chi connectivity index (χ0) is 18.8. The summed E-state index contributed by atoms with van der Waals surface area (Å²) < 4.78 is 0. The Morgan fingerprint density at radius 1 is 1.08 bits per heavy atom. The van der Waals surface area contributed by atoms with Crippen molar-refractivity contribution in [2.75, 3.05) is 30.7 Å². The van der Waals surface area contributed by atoms with Crippen LogP contribution in [0.2, 0.25) is 0 Å². The number of hydrogen-bond acceptors (Lipinski definition) is 3. The van der Waals surface area contributed by atoms with Crippen LogP contribution in [-0.2, 0) is 0 Å². The fraction of sp³-hybridized carbons (Fsp3) is 0.300. The van der Waals surface area contributed by atoms with Gasteiger partial charge >= 0.3 is 0 Å². The lowest BCUT2D eigenvalue weighted by atomic mass is 10.1. The topological polar surface area (TPSA) is 44.4 Å². The van der Waals surface area contributed by atoms with Crippen molar-refractivity contribution in [3.63, 3.8) is 0 Å². The highest BCUT2D eigenvalue weighted by molar-refractivity contribution is 7.99. The van der Waals surface area contributed by atoms with Gasteiger partial charge in [-0.2, -0.15) is 0 Å². The SMILES string of the molecule is CCN(CC)C(=O)c1cccc(NC(=S)NCCSc2ccccc2)c1. The third-order valence-electron chi connectivity index (χ3n) is 3.82. The Hall–Kier alpha value is -2.05. The zero-order valence-corrected chi connectivity index (χ0v) is 16.8. The number of thiocarbonyl (C=S) groups is 1. The molecule has 0 bridgehead atoms. The van der Waals surface area contributed by atoms with Crippen LogP contribution in [0.1, 0.15) is 24.2 Å². The highest BCUT2D eigenvalue weighted by Crippen LogP contribution is 2.16. The number of rotatable bonds is 8. The molecular weight excluding hydrogens is 362 g/mol. The van der Waals surface area contributed by atoms with E-state index in [1.54, 1.807) is 16.7 Å². The Labute approximate surface area is 165 Å². The van der Waals surface area contributed by atoms with Crippen LogP contribution >= 0.6 is 24.0 Å². The number of thioether (sulfide) groups is 1. The number of nitrogens with one attached hydrogen (secondary N) is 2. The fourth-order valence-corrected chi connectivity index (χ4v) is 3.46. The quantitative estimate of drug-likeness (QED) is 0.403. The first-order valence-corrected chi connectivity index (χ1v) is 10.2. The first kappa shape index (κ1) is 20.3. The van der Waals surface area contributed by atoms with E-state index >= 15 is 0 Å². The van der Waals surface area contributed by atoms with Gasteiger partial charge in [-0.3, -0.25) is 4.79 Å². The summed E-state index contributed by atoms with van der Waals surface area (Å²) in [5, 5.41) is 6.91. The first-order chi connectivity index (χ1) is 12.6. The number of amides is 1. The van der Waals surface area contributed by atoms with Gasteiger partial charge in [-0.15, -0.1) is 11.8 Å². The Balaban J connectivity index is 1.81. The normalized spacial score (nSPS) is 10.2. The van der Waals surface area contributed by atoms with E-state index in [4.69, 9.17) is 12.2 Å². The summed E-state index contributed by atoms with van der Waals surface area (Å²) >= 11 is 7.13. The predicted octanol–water partition coefficient (Wildman–Crippen LogP) is 4.25. The summed E-state index contributed by atoms with van der Waals surface area (Å²) in [4.78, 5) is 15.5. The van der Waals surface area contributed by atoms with Crippen LogP contribution in [0.4, 0.5) is 5.69 Å². The van der Waals surface area contributed by atoms with Crippen LogP contribution in [0.25, 0.3) is 0 Å². The fourth-order valence-electron chi connectivity index (χ4n) is 2.45. The maximum Gasteiger partial charge on any atom is 0.253 e. The smallest absolute Gasteiger partial charge is 0.253 e. The Kier molecular flexibility index (Phi) is 8.44. The van der Waals surface area contributed by atoms with Gasteiger partial charge in [0.25, 0.3) is 5.91 Å². The molecule has 2 aromatic rings. The lowest BCUT2D eigenvalue weighted by Gasteiger charge is -2.19. The van der Waals surface area contributed by atoms with Gasteiger partial charge in [0, 0.05) is 41.5 Å². The van der Waals surface area contributed by atoms with Crippen LogP contribution in [0.5, 0.6) is 0 Å². The lowest BCUT2D eigenvalue weighted by molar-refractivity contribution is 0.0773. The third kappa shape index (κ3) is 6.35. The summed E-state index contributed by atoms with van der Waals surface area (Å²) in [5.74, 6) is 0.962. The molecule has 0 spiro atoms. The van der Waals surface area contributed by atoms with E-state index < -0.39 is 0 Å². The Morgan fingerprint density at radius 3 is 2.50 bits per heavy atom. The van der Waals surface area contributed by atoms with Gasteiger partial charge in [-0.25, -0.2) is 0 Å². The average molecular weight is 388 g/mol. The van der Waals surface area contributed by atoms with Gasteiger partial charge in [0.1, 0.15) is 0 Å². The molecule has 0 saturated heterocycles. The summed E-state index contributed by atoms with van der Waals surface area (Å²) in [5.41, 5.74) is 1.48. The number of carbonyl (C=O) groups excluding carboxylic acids is 1. The molecule has 138 valence electrons. The Bertz CT molecular complexity index is 718. The van der Waals surface area contributed by atoms with E-state index in [9.17, 15) is 4.79 Å². The molecule has 26 heavy (non-hydrogen) atoms. The summed E-state index contributed by atoms with van der Waals surface area (Å²) in [7, 11) is 0. The van der Waals surface area contributed by atoms with Crippen molar-refractivity contribution in [3.05, 3.63) is 60.2 Å². The molecule has 0 aliphatic heterocycles. The number of benzene rings is 2. The van der Waals surface area contributed by atoms with Gasteiger partial charge in [0.05, 0.1) is 0 Å². The highest BCUT2D eigenvalue weighted by atomic mass is 32.2. The zero-order valence-electron chi connectivity index (χ0n) is 15.2. The number of nitrogens with zero attached hydrogens (tertiary/aromatic N) is 1. The molecule has 0 saturated carbocycles. The molecule has 2 aromatic carbocycles. The van der Waals surface area contributed by atoms with Crippen molar-refractivity contribution in [1.82, 2.24) is 10.2 Å². The molecule has 2 rings (SSSR count). The monoisotopic (exact) mass is 387 g/mol. The molecular formula is C20H25N3OS2. The standard InChI is InChI=1S/C20H25N3OS2/c1-3-23(4-2)19(24)16-9-8-10-17(15-16)22-20(25)21-13-14-26-18-11-6-5-7-12-18/h5-12,15H,3-4,13-14H2,1-2H3,(H2,21,22,25). The van der Waals surface area contributed by atoms with Gasteiger partial charge in [0.15, 0.2) is 5.11 Å². The van der Waals surface area contributed by atoms with Gasteiger partial charge in [-0.05, 0) is 56.4 Å². The lowest BCUT2D eigenvalue weighted by Crippen LogP contribution is -2.31. The minimum absolute atomic E-state index is 0.0387. The van der Waals surface area contributed by atoms with Gasteiger partial charge in [0.2, 0.25) is 0 Å². The van der Waals surface area contributed by atoms with Crippen LogP contribution < -0.4 is 10.6 Å². The minimum Gasteiger partial charge on any atom is -0.362 e. The van der Waals surface area contributed by atoms with Crippen LogP contribution in [0.15, 0.2) is 59.5 Å². The molecule has 0 heterocycles. The van der Waals surface area contributed by atoms with Crippen LogP contribution in [0.3, 0.4) is 0 Å². The molecule has 4 nitrogen and oxygen atoms in total. The third-order valence-corrected chi connectivity index (χ3v) is 5.08. The minimum atomic E-state index is 0.0387. The number of hydrogen-bond donors (Lipinski definition) is 2.